The molecule has 2 aromatic rings. The highest BCUT2D eigenvalue weighted by Crippen LogP contribution is 2.16. The Morgan fingerprint density at radius 3 is 2.86 bits per heavy atom. The third-order valence-corrected chi connectivity index (χ3v) is 2.47. The summed E-state index contributed by atoms with van der Waals surface area (Å²) in [6.07, 6.45) is 1.75. The second-order valence-corrected chi connectivity index (χ2v) is 3.47. The number of pyridine rings is 1. The van der Waals surface area contributed by atoms with Crippen LogP contribution >= 0.6 is 12.2 Å². The zero-order valence-electron chi connectivity index (χ0n) is 7.98. The highest BCUT2D eigenvalue weighted by atomic mass is 32.1. The molecule has 0 atom stereocenters. The topological polar surface area (TPSA) is 46.5 Å². The molecule has 0 spiro atoms. The molecule has 1 N–H and O–H groups in total. The molecule has 0 aliphatic heterocycles. The third-order valence-electron chi connectivity index (χ3n) is 2.10. The molecule has 4 nitrogen and oxygen atoms in total. The van der Waals surface area contributed by atoms with E-state index >= 15 is 0 Å². The van der Waals surface area contributed by atoms with E-state index in [9.17, 15) is 0 Å². The SMILES string of the molecule is Cc1cccnc1-c1n[nH]c(=S)n1C. The van der Waals surface area contributed by atoms with Crippen LogP contribution in [0.4, 0.5) is 0 Å². The van der Waals surface area contributed by atoms with Crippen molar-refractivity contribution in [2.75, 3.05) is 0 Å². The highest BCUT2D eigenvalue weighted by molar-refractivity contribution is 7.71. The largest absolute Gasteiger partial charge is 0.302 e. The molecule has 0 amide bonds. The van der Waals surface area contributed by atoms with Gasteiger partial charge >= 0.3 is 0 Å². The first-order valence-electron chi connectivity index (χ1n) is 4.23. The van der Waals surface area contributed by atoms with E-state index in [2.05, 4.69) is 15.2 Å². The van der Waals surface area contributed by atoms with Gasteiger partial charge in [0.15, 0.2) is 10.6 Å². The maximum Gasteiger partial charge on any atom is 0.195 e. The van der Waals surface area contributed by atoms with Gasteiger partial charge in [-0.2, -0.15) is 5.10 Å². The van der Waals surface area contributed by atoms with Crippen molar-refractivity contribution in [3.05, 3.63) is 28.7 Å². The van der Waals surface area contributed by atoms with Crippen LogP contribution in [-0.2, 0) is 7.05 Å². The van der Waals surface area contributed by atoms with Crippen molar-refractivity contribution in [3.63, 3.8) is 0 Å². The van der Waals surface area contributed by atoms with Gasteiger partial charge in [0.1, 0.15) is 5.69 Å². The van der Waals surface area contributed by atoms with Crippen LogP contribution in [0.1, 0.15) is 5.56 Å². The predicted octanol–water partition coefficient (Wildman–Crippen LogP) is 1.85. The molecule has 0 saturated heterocycles. The van der Waals surface area contributed by atoms with Crippen molar-refractivity contribution >= 4 is 12.2 Å². The molecule has 5 heteroatoms. The molecule has 0 aliphatic rings. The van der Waals surface area contributed by atoms with Gasteiger partial charge in [-0.15, -0.1) is 0 Å². The van der Waals surface area contributed by atoms with Crippen molar-refractivity contribution in [2.45, 2.75) is 6.92 Å². The first-order chi connectivity index (χ1) is 6.70. The monoisotopic (exact) mass is 206 g/mol. The Morgan fingerprint density at radius 1 is 1.50 bits per heavy atom. The summed E-state index contributed by atoms with van der Waals surface area (Å²) < 4.78 is 2.41. The Labute approximate surface area is 86.6 Å². The summed E-state index contributed by atoms with van der Waals surface area (Å²) in [4.78, 5) is 4.27. The molecule has 0 bridgehead atoms. The molecule has 72 valence electrons. The fourth-order valence-corrected chi connectivity index (χ4v) is 1.41. The fraction of sp³-hybridized carbons (Fsp3) is 0.222. The number of rotatable bonds is 1. The zero-order chi connectivity index (χ0) is 10.1. The number of aryl methyl sites for hydroxylation is 1. The van der Waals surface area contributed by atoms with Crippen LogP contribution in [0.25, 0.3) is 11.5 Å². The van der Waals surface area contributed by atoms with Gasteiger partial charge < -0.3 is 4.57 Å². The van der Waals surface area contributed by atoms with Crippen molar-refractivity contribution in [1.29, 1.82) is 0 Å². The number of aromatic amines is 1. The van der Waals surface area contributed by atoms with Gasteiger partial charge in [0.25, 0.3) is 0 Å². The summed E-state index contributed by atoms with van der Waals surface area (Å²) in [6.45, 7) is 2.00. The maximum absolute atomic E-state index is 5.03. The van der Waals surface area contributed by atoms with Gasteiger partial charge in [0, 0.05) is 13.2 Å². The third kappa shape index (κ3) is 1.35. The lowest BCUT2D eigenvalue weighted by Crippen LogP contribution is -1.96. The Hall–Kier alpha value is -1.49. The standard InChI is InChI=1S/C9H10N4S/c1-6-4-3-5-10-7(6)8-11-12-9(14)13(8)2/h3-5H,1-2H3,(H,12,14). The first-order valence-corrected chi connectivity index (χ1v) is 4.64. The second-order valence-electron chi connectivity index (χ2n) is 3.08. The summed E-state index contributed by atoms with van der Waals surface area (Å²) >= 11 is 5.03. The number of H-pyrrole nitrogens is 1. The molecule has 0 radical (unpaired) electrons. The first kappa shape index (κ1) is 9.08. The smallest absolute Gasteiger partial charge is 0.195 e. The minimum atomic E-state index is 0.602. The molecule has 0 saturated carbocycles. The predicted molar refractivity (Wildman–Crippen MR) is 56.4 cm³/mol. The van der Waals surface area contributed by atoms with Crippen molar-refractivity contribution < 1.29 is 0 Å². The molecule has 0 aromatic carbocycles. The summed E-state index contributed by atoms with van der Waals surface area (Å²) in [5.41, 5.74) is 1.95. The second kappa shape index (κ2) is 3.34. The van der Waals surface area contributed by atoms with Crippen LogP contribution in [-0.4, -0.2) is 19.7 Å². The van der Waals surface area contributed by atoms with Gasteiger partial charge in [0.05, 0.1) is 0 Å². The molecule has 2 heterocycles. The average molecular weight is 206 g/mol. The van der Waals surface area contributed by atoms with E-state index in [1.807, 2.05) is 30.7 Å². The number of aromatic nitrogens is 4. The van der Waals surface area contributed by atoms with Crippen molar-refractivity contribution in [1.82, 2.24) is 19.7 Å². The molecule has 0 unspecified atom stereocenters. The molecule has 0 fully saturated rings. The number of nitrogens with one attached hydrogen (secondary N) is 1. The minimum Gasteiger partial charge on any atom is -0.302 e. The van der Waals surface area contributed by atoms with E-state index in [1.165, 1.54) is 0 Å². The number of nitrogens with zero attached hydrogens (tertiary/aromatic N) is 3. The molecule has 14 heavy (non-hydrogen) atoms. The van der Waals surface area contributed by atoms with Crippen molar-refractivity contribution in [2.24, 2.45) is 7.05 Å². The Balaban J connectivity index is 2.66. The lowest BCUT2D eigenvalue weighted by atomic mass is 10.2. The summed E-state index contributed by atoms with van der Waals surface area (Å²) in [5.74, 6) is 0.771. The van der Waals surface area contributed by atoms with E-state index in [0.717, 1.165) is 17.1 Å². The molecule has 2 rings (SSSR count). The lowest BCUT2D eigenvalue weighted by molar-refractivity contribution is 0.895. The average Bonchev–Trinajstić information content (AvgIpc) is 2.49. The van der Waals surface area contributed by atoms with Gasteiger partial charge in [-0.05, 0) is 30.8 Å². The van der Waals surface area contributed by atoms with E-state index in [0.29, 0.717) is 4.77 Å². The molecule has 0 aliphatic carbocycles. The maximum atomic E-state index is 5.03. The van der Waals surface area contributed by atoms with Crippen LogP contribution in [0, 0.1) is 11.7 Å². The van der Waals surface area contributed by atoms with Gasteiger partial charge in [-0.1, -0.05) is 6.07 Å². The molecular weight excluding hydrogens is 196 g/mol. The van der Waals surface area contributed by atoms with Crippen LogP contribution < -0.4 is 0 Å². The summed E-state index contributed by atoms with van der Waals surface area (Å²) in [6, 6.07) is 3.90. The van der Waals surface area contributed by atoms with Crippen molar-refractivity contribution in [3.8, 4) is 11.5 Å². The summed E-state index contributed by atoms with van der Waals surface area (Å²) in [5, 5.41) is 6.87. The van der Waals surface area contributed by atoms with E-state index in [4.69, 9.17) is 12.2 Å². The van der Waals surface area contributed by atoms with Crippen LogP contribution in [0.2, 0.25) is 0 Å². The molecular formula is C9H10N4S. The zero-order valence-corrected chi connectivity index (χ0v) is 8.80. The van der Waals surface area contributed by atoms with Gasteiger partial charge in [-0.25, -0.2) is 0 Å². The Bertz CT molecular complexity index is 512. The Kier molecular flexibility index (Phi) is 2.17. The number of hydrogen-bond donors (Lipinski definition) is 1. The highest BCUT2D eigenvalue weighted by Gasteiger charge is 2.08. The number of hydrogen-bond acceptors (Lipinski definition) is 3. The van der Waals surface area contributed by atoms with Gasteiger partial charge in [0.2, 0.25) is 0 Å². The van der Waals surface area contributed by atoms with E-state index < -0.39 is 0 Å². The minimum absolute atomic E-state index is 0.602. The van der Waals surface area contributed by atoms with Crippen LogP contribution in [0.5, 0.6) is 0 Å². The molecule has 2 aromatic heterocycles. The Morgan fingerprint density at radius 2 is 2.29 bits per heavy atom. The van der Waals surface area contributed by atoms with Crippen LogP contribution in [0.15, 0.2) is 18.3 Å². The van der Waals surface area contributed by atoms with Gasteiger partial charge in [-0.3, -0.25) is 10.1 Å². The van der Waals surface area contributed by atoms with Crippen LogP contribution in [0.3, 0.4) is 0 Å². The van der Waals surface area contributed by atoms with E-state index in [1.54, 1.807) is 6.20 Å². The lowest BCUT2D eigenvalue weighted by Gasteiger charge is -2.02. The fourth-order valence-electron chi connectivity index (χ4n) is 1.28. The quantitative estimate of drug-likeness (QED) is 0.724. The normalized spacial score (nSPS) is 10.4. The summed E-state index contributed by atoms with van der Waals surface area (Å²) in [7, 11) is 1.87. The van der Waals surface area contributed by atoms with E-state index in [-0.39, 0.29) is 0 Å².